The fourth-order valence-electron chi connectivity index (χ4n) is 19.7. The normalized spacial score (nSPS) is 12.6. The topological polar surface area (TPSA) is 82.3 Å². The van der Waals surface area contributed by atoms with Crippen LogP contribution in [0.15, 0.2) is 382 Å². The summed E-state index contributed by atoms with van der Waals surface area (Å²) in [5.41, 5.74) is 21.1. The first-order valence-corrected chi connectivity index (χ1v) is 43.2. The Bertz CT molecular complexity index is 8640. The van der Waals surface area contributed by atoms with E-state index >= 15 is 0 Å². The van der Waals surface area contributed by atoms with Crippen LogP contribution >= 0.6 is 22.7 Å². The zero-order valence-electron chi connectivity index (χ0n) is 66.3. The molecule has 0 aliphatic heterocycles. The number of para-hydroxylation sites is 2. The molecule has 568 valence electrons. The van der Waals surface area contributed by atoms with Crippen LogP contribution in [0.3, 0.4) is 0 Å². The molecule has 0 atom stereocenters. The van der Waals surface area contributed by atoms with Crippen molar-refractivity contribution >= 4 is 171 Å². The van der Waals surface area contributed by atoms with E-state index in [9.17, 15) is 0 Å². The maximum Gasteiger partial charge on any atom is 0.162 e. The second-order valence-corrected chi connectivity index (χ2v) is 34.7. The van der Waals surface area contributed by atoms with Crippen molar-refractivity contribution < 1.29 is 0 Å². The van der Waals surface area contributed by atoms with E-state index in [4.69, 9.17) is 29.9 Å². The zero-order valence-corrected chi connectivity index (χ0v) is 68.0. The molecule has 0 saturated heterocycles. The molecule has 0 amide bonds. The number of pyridine rings is 2. The third-order valence-electron chi connectivity index (χ3n) is 25.4. The lowest BCUT2D eigenvalue weighted by Gasteiger charge is -2.21. The SMILES string of the molecule is CC1(C)c2ccccc2-c2cc(-c3cc(-c4ccccc4)nc(-c4ccc5c(c4)nc(-c4ccc6c7ccccc7c7ccccc7c6c4)c4c6ccccc6sc54)n3)ccc21.c1ccc(-c2cc(-n3c4ccccc4c4ccccc43)nc(-c3ccc4c(c3)nc(-c3ccc5c6ccccc6c6ccccc6c5c3)c3c5ccccc5sc43)n2)cc1. The van der Waals surface area contributed by atoms with Gasteiger partial charge in [-0.15, -0.1) is 22.7 Å². The lowest BCUT2D eigenvalue weighted by Crippen LogP contribution is -2.14. The Kier molecular flexibility index (Phi) is 15.7. The van der Waals surface area contributed by atoms with Crippen molar-refractivity contribution in [3.8, 4) is 96.0 Å². The highest BCUT2D eigenvalue weighted by Crippen LogP contribution is 2.52. The number of aromatic nitrogens is 7. The Morgan fingerprint density at radius 2 is 0.582 bits per heavy atom. The third-order valence-corrected chi connectivity index (χ3v) is 27.8. The molecule has 0 bridgehead atoms. The van der Waals surface area contributed by atoms with Gasteiger partial charge in [-0.05, 0) is 148 Å². The number of nitrogens with zero attached hydrogens (tertiary/aromatic N) is 7. The van der Waals surface area contributed by atoms with Crippen molar-refractivity contribution in [2.45, 2.75) is 19.3 Å². The number of hydrogen-bond donors (Lipinski definition) is 0. The Morgan fingerprint density at radius 1 is 0.230 bits per heavy atom. The van der Waals surface area contributed by atoms with Crippen LogP contribution in [0.2, 0.25) is 0 Å². The molecule has 1 aliphatic rings. The summed E-state index contributed by atoms with van der Waals surface area (Å²) >= 11 is 3.68. The van der Waals surface area contributed by atoms with Gasteiger partial charge in [-0.2, -0.15) is 0 Å². The molecule has 1 aliphatic carbocycles. The lowest BCUT2D eigenvalue weighted by molar-refractivity contribution is 0.660. The molecule has 122 heavy (non-hydrogen) atoms. The molecule has 7 heterocycles. The van der Waals surface area contributed by atoms with Crippen LogP contribution in [0, 0.1) is 0 Å². The van der Waals surface area contributed by atoms with Gasteiger partial charge in [-0.1, -0.05) is 329 Å². The van der Waals surface area contributed by atoms with Crippen molar-refractivity contribution in [3.63, 3.8) is 0 Å². The molecule has 26 rings (SSSR count). The number of benzene rings is 18. The highest BCUT2D eigenvalue weighted by atomic mass is 32.1. The van der Waals surface area contributed by atoms with E-state index in [1.807, 2.05) is 34.8 Å². The third kappa shape index (κ3) is 11.0. The molecular weight excluding hydrogens is 1520 g/mol. The highest BCUT2D eigenvalue weighted by molar-refractivity contribution is 7.27. The first-order chi connectivity index (χ1) is 60.2. The maximum atomic E-state index is 5.62. The van der Waals surface area contributed by atoms with Gasteiger partial charge in [-0.3, -0.25) is 4.57 Å². The van der Waals surface area contributed by atoms with Gasteiger partial charge >= 0.3 is 0 Å². The van der Waals surface area contributed by atoms with Gasteiger partial charge in [0.05, 0.1) is 50.5 Å². The second kappa shape index (κ2) is 27.4. The molecular formula is C113H69N7S2. The van der Waals surface area contributed by atoms with Crippen LogP contribution in [0.4, 0.5) is 0 Å². The van der Waals surface area contributed by atoms with Crippen LogP contribution in [0.5, 0.6) is 0 Å². The van der Waals surface area contributed by atoms with E-state index in [0.29, 0.717) is 11.6 Å². The molecule has 0 spiro atoms. The van der Waals surface area contributed by atoms with E-state index in [-0.39, 0.29) is 5.41 Å². The summed E-state index contributed by atoms with van der Waals surface area (Å²) in [5.74, 6) is 2.15. The van der Waals surface area contributed by atoms with Gasteiger partial charge in [0.1, 0.15) is 5.82 Å². The van der Waals surface area contributed by atoms with Crippen molar-refractivity contribution in [1.29, 1.82) is 0 Å². The monoisotopic (exact) mass is 1590 g/mol. The molecule has 7 nitrogen and oxygen atoms in total. The lowest BCUT2D eigenvalue weighted by atomic mass is 9.82. The molecule has 0 unspecified atom stereocenters. The fraction of sp³-hybridized carbons (Fsp3) is 0.0265. The average Bonchev–Trinajstić information content (AvgIpc) is 1.28. The Hall–Kier alpha value is -15.3. The van der Waals surface area contributed by atoms with E-state index in [1.165, 1.54) is 138 Å². The summed E-state index contributed by atoms with van der Waals surface area (Å²) in [7, 11) is 0. The largest absolute Gasteiger partial charge is 0.294 e. The number of hydrogen-bond acceptors (Lipinski definition) is 8. The standard InChI is InChI=1S/C58H37N3S.C55H32N4S/c1-58(2)48-22-12-10-20-43(48)47-30-35(26-29-49(47)58)51-33-50(34-14-4-3-5-15-34)60-57(61-51)37-25-28-44-52(32-37)59-55(54-45-21-11-13-23-53(45)62-56(44)54)36-24-27-42-40-18-7-6-16-38(40)39-17-8-9-19-41(39)46(42)31-36;1-2-14-33(15-3-1)46-32-51(59-48-23-11-8-20-41(48)42-21-9-12-24-49(42)59)58-55(57-46)35-27-29-43-47(31-35)56-53(52-44-22-10-13-25-50(44)60-54(43)52)34-26-28-40-38-18-5-4-16-36(38)37-17-6-7-19-39(37)45(40)30-34/h3-33H,1-2H3;1-32H. The van der Waals surface area contributed by atoms with E-state index in [1.54, 1.807) is 0 Å². The minimum Gasteiger partial charge on any atom is -0.294 e. The van der Waals surface area contributed by atoms with Gasteiger partial charge in [0.15, 0.2) is 11.6 Å². The summed E-state index contributed by atoms with van der Waals surface area (Å²) in [5, 5.41) is 24.5. The van der Waals surface area contributed by atoms with Gasteiger partial charge < -0.3 is 0 Å². The maximum absolute atomic E-state index is 5.62. The Morgan fingerprint density at radius 3 is 1.07 bits per heavy atom. The van der Waals surface area contributed by atoms with Crippen molar-refractivity contribution in [3.05, 3.63) is 393 Å². The van der Waals surface area contributed by atoms with E-state index < -0.39 is 0 Å². The van der Waals surface area contributed by atoms with Gasteiger partial charge in [-0.25, -0.2) is 29.9 Å². The predicted octanol–water partition coefficient (Wildman–Crippen LogP) is 30.8. The first kappa shape index (κ1) is 69.8. The van der Waals surface area contributed by atoms with Crippen LogP contribution < -0.4 is 0 Å². The van der Waals surface area contributed by atoms with E-state index in [0.717, 1.165) is 106 Å². The summed E-state index contributed by atoms with van der Waals surface area (Å²) in [4.78, 5) is 32.5. The molecule has 25 aromatic rings. The molecule has 0 N–H and O–H groups in total. The molecule has 18 aromatic carbocycles. The minimum absolute atomic E-state index is 0.0672. The Balaban J connectivity index is 0.000000134. The van der Waals surface area contributed by atoms with Crippen molar-refractivity contribution in [2.75, 3.05) is 0 Å². The van der Waals surface area contributed by atoms with E-state index in [2.05, 4.69) is 388 Å². The van der Waals surface area contributed by atoms with Crippen LogP contribution in [-0.4, -0.2) is 34.5 Å². The predicted molar refractivity (Wildman–Crippen MR) is 515 cm³/mol. The first-order valence-electron chi connectivity index (χ1n) is 41.5. The Labute approximate surface area is 709 Å². The second-order valence-electron chi connectivity index (χ2n) is 32.6. The summed E-state index contributed by atoms with van der Waals surface area (Å²) in [6.45, 7) is 4.65. The molecule has 7 aromatic heterocycles. The smallest absolute Gasteiger partial charge is 0.162 e. The molecule has 0 fully saturated rings. The summed E-state index contributed by atoms with van der Waals surface area (Å²) in [6.07, 6.45) is 0. The van der Waals surface area contributed by atoms with Gasteiger partial charge in [0.25, 0.3) is 0 Å². The number of rotatable bonds is 8. The molecule has 0 radical (unpaired) electrons. The average molecular weight is 1590 g/mol. The summed E-state index contributed by atoms with van der Waals surface area (Å²) < 4.78 is 7.24. The fourth-order valence-corrected chi connectivity index (χ4v) is 22.2. The van der Waals surface area contributed by atoms with Crippen LogP contribution in [0.1, 0.15) is 25.0 Å². The quantitative estimate of drug-likeness (QED) is 0.141. The zero-order chi connectivity index (χ0) is 80.4. The van der Waals surface area contributed by atoms with Crippen molar-refractivity contribution in [1.82, 2.24) is 34.5 Å². The molecule has 9 heteroatoms. The van der Waals surface area contributed by atoms with Gasteiger partial charge in [0, 0.05) is 112 Å². The van der Waals surface area contributed by atoms with Crippen LogP contribution in [0.25, 0.3) is 245 Å². The number of fused-ring (bicyclic) bond motifs is 28. The summed E-state index contributed by atoms with van der Waals surface area (Å²) in [6, 6.07) is 137. The van der Waals surface area contributed by atoms with Crippen molar-refractivity contribution in [2.24, 2.45) is 0 Å². The van der Waals surface area contributed by atoms with Crippen LogP contribution in [-0.2, 0) is 5.41 Å². The number of thiophene rings is 2. The van der Waals surface area contributed by atoms with Gasteiger partial charge in [0.2, 0.25) is 0 Å². The highest BCUT2D eigenvalue weighted by Gasteiger charge is 2.36. The minimum atomic E-state index is -0.0672. The molecule has 0 saturated carbocycles.